The Kier molecular flexibility index (Phi) is 8.02. The summed E-state index contributed by atoms with van der Waals surface area (Å²) in [6.45, 7) is 16.3. The molecule has 0 rings (SSSR count). The monoisotopic (exact) mass is 331 g/mol. The molecule has 0 bridgehead atoms. The van der Waals surface area contributed by atoms with Crippen molar-refractivity contribution in [3.63, 3.8) is 0 Å². The average Bonchev–Trinajstić information content (AvgIpc) is 2.31. The zero-order valence-electron chi connectivity index (χ0n) is 15.2. The molecular formula is C16H35N3P2. The van der Waals surface area contributed by atoms with Gasteiger partial charge in [0.1, 0.15) is 0 Å². The van der Waals surface area contributed by atoms with E-state index >= 15 is 0 Å². The molecule has 0 saturated carbocycles. The summed E-state index contributed by atoms with van der Waals surface area (Å²) >= 11 is 0. The molecule has 0 spiro atoms. The molecule has 0 aromatic heterocycles. The second-order valence-electron chi connectivity index (χ2n) is 7.96. The number of hydrogen-bond acceptors (Lipinski definition) is 3. The predicted molar refractivity (Wildman–Crippen MR) is 104 cm³/mol. The Labute approximate surface area is 135 Å². The van der Waals surface area contributed by atoms with Crippen LogP contribution in [0.4, 0.5) is 0 Å². The highest BCUT2D eigenvalue weighted by Crippen LogP contribution is 2.51. The van der Waals surface area contributed by atoms with Gasteiger partial charge in [-0.1, -0.05) is 49.2 Å². The summed E-state index contributed by atoms with van der Waals surface area (Å²) in [4.78, 5) is 4.09. The third-order valence-corrected chi connectivity index (χ3v) is 6.59. The van der Waals surface area contributed by atoms with Gasteiger partial charge in [0.25, 0.3) is 0 Å². The van der Waals surface area contributed by atoms with Crippen molar-refractivity contribution in [1.82, 2.24) is 0 Å². The van der Waals surface area contributed by atoms with Crippen molar-refractivity contribution < 1.29 is 0 Å². The summed E-state index contributed by atoms with van der Waals surface area (Å²) in [6.07, 6.45) is 5.37. The minimum Gasteiger partial charge on any atom is -0.323 e. The largest absolute Gasteiger partial charge is 0.323 e. The van der Waals surface area contributed by atoms with Crippen molar-refractivity contribution in [2.75, 3.05) is 19.9 Å². The van der Waals surface area contributed by atoms with Crippen LogP contribution in [0, 0.1) is 16.2 Å². The lowest BCUT2D eigenvalue weighted by atomic mass is 9.59. The molecule has 0 aromatic rings. The van der Waals surface area contributed by atoms with E-state index in [0.717, 1.165) is 12.1 Å². The van der Waals surface area contributed by atoms with E-state index in [9.17, 15) is 0 Å². The maximum Gasteiger partial charge on any atom is 0.0834 e. The Morgan fingerprint density at radius 1 is 1.14 bits per heavy atom. The number of aliphatic imine (C=N–C) groups is 1. The summed E-state index contributed by atoms with van der Waals surface area (Å²) in [7, 11) is 4.81. The fraction of sp³-hybridized carbons (Fsp3) is 0.875. The van der Waals surface area contributed by atoms with Crippen molar-refractivity contribution in [3.05, 3.63) is 0 Å². The molecular weight excluding hydrogens is 296 g/mol. The zero-order chi connectivity index (χ0) is 16.9. The Balaban J connectivity index is 5.16. The normalized spacial score (nSPS) is 16.5. The van der Waals surface area contributed by atoms with E-state index in [1.165, 1.54) is 12.6 Å². The number of hydrogen-bond donors (Lipinski definition) is 1. The van der Waals surface area contributed by atoms with Gasteiger partial charge in [-0.25, -0.2) is 0 Å². The van der Waals surface area contributed by atoms with Gasteiger partial charge in [-0.2, -0.15) is 5.10 Å². The van der Waals surface area contributed by atoms with Crippen molar-refractivity contribution >= 4 is 28.5 Å². The smallest absolute Gasteiger partial charge is 0.0834 e. The second kappa shape index (κ2) is 8.02. The van der Waals surface area contributed by atoms with Crippen LogP contribution in [0.2, 0.25) is 0 Å². The molecule has 0 radical (unpaired) electrons. The Hall–Kier alpha value is -0.000000000000000111. The summed E-state index contributed by atoms with van der Waals surface area (Å²) in [5.41, 5.74) is 1.27. The first-order chi connectivity index (χ1) is 9.39. The Morgan fingerprint density at radius 3 is 2.05 bits per heavy atom. The van der Waals surface area contributed by atoms with Crippen molar-refractivity contribution in [1.29, 1.82) is 0 Å². The van der Waals surface area contributed by atoms with Gasteiger partial charge < -0.3 is 5.84 Å². The van der Waals surface area contributed by atoms with Gasteiger partial charge >= 0.3 is 0 Å². The van der Waals surface area contributed by atoms with Gasteiger partial charge in [-0.15, -0.1) is 8.93 Å². The summed E-state index contributed by atoms with van der Waals surface area (Å²) < 4.78 is 0. The Bertz CT molecular complexity index is 383. The van der Waals surface area contributed by atoms with Crippen LogP contribution in [0.5, 0.6) is 0 Å². The third kappa shape index (κ3) is 6.33. The number of nitrogens with two attached hydrogens (primary N) is 1. The van der Waals surface area contributed by atoms with Gasteiger partial charge in [0.2, 0.25) is 0 Å². The zero-order valence-corrected chi connectivity index (χ0v) is 17.2. The van der Waals surface area contributed by atoms with Crippen LogP contribution in [0.15, 0.2) is 10.1 Å². The van der Waals surface area contributed by atoms with Crippen LogP contribution in [-0.2, 0) is 0 Å². The maximum absolute atomic E-state index is 5.57. The lowest BCUT2D eigenvalue weighted by molar-refractivity contribution is 0.0688. The molecule has 5 heteroatoms. The fourth-order valence-electron chi connectivity index (χ4n) is 2.73. The molecule has 2 N–H and O–H groups in total. The van der Waals surface area contributed by atoms with Gasteiger partial charge in [-0.05, 0) is 36.5 Å². The number of hydrazone groups is 1. The Morgan fingerprint density at radius 2 is 1.67 bits per heavy atom. The van der Waals surface area contributed by atoms with Crippen LogP contribution in [0.1, 0.15) is 54.4 Å². The van der Waals surface area contributed by atoms with Crippen LogP contribution >= 0.6 is 16.5 Å². The van der Waals surface area contributed by atoms with Crippen LogP contribution < -0.4 is 5.84 Å². The first-order valence-electron chi connectivity index (χ1n) is 7.56. The topological polar surface area (TPSA) is 50.7 Å². The minimum atomic E-state index is -0.0764. The van der Waals surface area contributed by atoms with Gasteiger partial charge in [0, 0.05) is 18.7 Å². The SMILES string of the molecule is CN=CC(=NN)C(C)(C)CC(C)(C)C(C)(C)CCP(C)P. The highest BCUT2D eigenvalue weighted by Gasteiger charge is 2.41. The molecule has 0 aliphatic heterocycles. The van der Waals surface area contributed by atoms with E-state index in [0.29, 0.717) is 0 Å². The quantitative estimate of drug-likeness (QED) is 0.296. The molecule has 0 aliphatic carbocycles. The van der Waals surface area contributed by atoms with Gasteiger partial charge in [0.05, 0.1) is 5.71 Å². The third-order valence-electron chi connectivity index (χ3n) is 4.89. The summed E-state index contributed by atoms with van der Waals surface area (Å²) in [5, 5.41) is 3.96. The molecule has 0 heterocycles. The highest BCUT2D eigenvalue weighted by atomic mass is 32.0. The molecule has 0 fully saturated rings. The first kappa shape index (κ1) is 21.0. The first-order valence-corrected chi connectivity index (χ1v) is 11.2. The highest BCUT2D eigenvalue weighted by molar-refractivity contribution is 8.13. The molecule has 124 valence electrons. The van der Waals surface area contributed by atoms with Crippen molar-refractivity contribution in [3.8, 4) is 0 Å². The molecule has 0 aliphatic rings. The molecule has 3 nitrogen and oxygen atoms in total. The molecule has 2 unspecified atom stereocenters. The maximum atomic E-state index is 5.57. The summed E-state index contributed by atoms with van der Waals surface area (Å²) in [6, 6.07) is 0. The van der Waals surface area contributed by atoms with Crippen molar-refractivity contribution in [2.24, 2.45) is 32.2 Å². The lowest BCUT2D eigenvalue weighted by Gasteiger charge is -2.46. The van der Waals surface area contributed by atoms with E-state index < -0.39 is 0 Å². The molecule has 0 aromatic carbocycles. The van der Waals surface area contributed by atoms with Gasteiger partial charge in [0.15, 0.2) is 0 Å². The second-order valence-corrected chi connectivity index (χ2v) is 12.6. The molecule has 21 heavy (non-hydrogen) atoms. The minimum absolute atomic E-state index is 0.0764. The average molecular weight is 331 g/mol. The summed E-state index contributed by atoms with van der Waals surface area (Å²) in [5.74, 6) is 5.57. The van der Waals surface area contributed by atoms with E-state index in [-0.39, 0.29) is 23.9 Å². The fourth-order valence-corrected chi connectivity index (χ4v) is 4.03. The predicted octanol–water partition coefficient (Wildman–Crippen LogP) is 4.76. The van der Waals surface area contributed by atoms with E-state index in [4.69, 9.17) is 5.84 Å². The number of nitrogens with zero attached hydrogens (tertiary/aromatic N) is 2. The van der Waals surface area contributed by atoms with Gasteiger partial charge in [-0.3, -0.25) is 4.99 Å². The number of rotatable bonds is 8. The molecule has 2 atom stereocenters. The van der Waals surface area contributed by atoms with Crippen LogP contribution in [0.3, 0.4) is 0 Å². The van der Waals surface area contributed by atoms with E-state index in [2.05, 4.69) is 67.2 Å². The lowest BCUT2D eigenvalue weighted by Crippen LogP contribution is -2.40. The molecule has 0 saturated heterocycles. The van der Waals surface area contributed by atoms with Crippen LogP contribution in [-0.4, -0.2) is 31.8 Å². The molecule has 0 amide bonds. The van der Waals surface area contributed by atoms with Crippen LogP contribution in [0.25, 0.3) is 0 Å². The van der Waals surface area contributed by atoms with E-state index in [1.54, 1.807) is 13.3 Å². The van der Waals surface area contributed by atoms with E-state index in [1.807, 2.05) is 0 Å². The standard InChI is InChI=1S/C16H35N3P2/c1-14(2,13(19-17)11-18-7)12-16(5,6)15(3,4)9-10-21(8)20/h11H,9-10,12,17,20H2,1-8H3. The van der Waals surface area contributed by atoms with Crippen molar-refractivity contribution in [2.45, 2.75) is 54.4 Å².